The number of hydrogen-bond acceptors (Lipinski definition) is 2. The van der Waals surface area contributed by atoms with Gasteiger partial charge in [0.2, 0.25) is 0 Å². The smallest absolute Gasteiger partial charge is 0.0914 e. The number of likely N-dealkylation sites (N-methyl/N-ethyl adjacent to an activating group) is 1. The normalized spacial score (nSPS) is 14.8. The van der Waals surface area contributed by atoms with E-state index in [1.807, 2.05) is 25.2 Å². The number of aliphatic hydroxyl groups excluding tert-OH is 1. The average Bonchev–Trinajstić information content (AvgIpc) is 2.28. The molecule has 90 valence electrons. The van der Waals surface area contributed by atoms with Gasteiger partial charge in [-0.05, 0) is 36.6 Å². The van der Waals surface area contributed by atoms with Crippen molar-refractivity contribution in [1.29, 1.82) is 0 Å². The molecule has 0 aliphatic heterocycles. The number of halogens is 1. The Labute approximate surface area is 103 Å². The van der Waals surface area contributed by atoms with E-state index in [4.69, 9.17) is 11.6 Å². The highest BCUT2D eigenvalue weighted by molar-refractivity contribution is 6.31. The van der Waals surface area contributed by atoms with Crippen LogP contribution in [0.5, 0.6) is 0 Å². The monoisotopic (exact) mass is 241 g/mol. The fraction of sp³-hybridized carbons (Fsp3) is 0.538. The van der Waals surface area contributed by atoms with Crippen molar-refractivity contribution in [2.24, 2.45) is 0 Å². The van der Waals surface area contributed by atoms with Gasteiger partial charge in [-0.2, -0.15) is 0 Å². The zero-order chi connectivity index (χ0) is 12.1. The number of hydrogen-bond donors (Lipinski definition) is 2. The lowest BCUT2D eigenvalue weighted by Crippen LogP contribution is -2.16. The maximum Gasteiger partial charge on any atom is 0.0914 e. The Morgan fingerprint density at radius 2 is 2.12 bits per heavy atom. The van der Waals surface area contributed by atoms with Gasteiger partial charge in [-0.3, -0.25) is 0 Å². The molecule has 1 aromatic carbocycles. The van der Waals surface area contributed by atoms with Crippen LogP contribution in [0.3, 0.4) is 0 Å². The summed E-state index contributed by atoms with van der Waals surface area (Å²) in [4.78, 5) is 0. The fourth-order valence-corrected chi connectivity index (χ4v) is 2.06. The second-order valence-corrected chi connectivity index (χ2v) is 4.57. The van der Waals surface area contributed by atoms with E-state index in [9.17, 15) is 5.11 Å². The van der Waals surface area contributed by atoms with Crippen LogP contribution in [0.25, 0.3) is 0 Å². The summed E-state index contributed by atoms with van der Waals surface area (Å²) in [7, 11) is 1.82. The summed E-state index contributed by atoms with van der Waals surface area (Å²) in [6, 6.07) is 5.84. The second kappa shape index (κ2) is 6.24. The minimum atomic E-state index is -0.492. The van der Waals surface area contributed by atoms with E-state index in [1.54, 1.807) is 0 Å². The Kier molecular flexibility index (Phi) is 5.26. The van der Waals surface area contributed by atoms with Gasteiger partial charge < -0.3 is 10.4 Å². The summed E-state index contributed by atoms with van der Waals surface area (Å²) in [5, 5.41) is 13.5. The minimum Gasteiger partial charge on any atom is -0.387 e. The van der Waals surface area contributed by atoms with Crippen LogP contribution < -0.4 is 5.32 Å². The van der Waals surface area contributed by atoms with Gasteiger partial charge in [0.1, 0.15) is 0 Å². The van der Waals surface area contributed by atoms with Crippen LogP contribution in [0.4, 0.5) is 0 Å². The van der Waals surface area contributed by atoms with Crippen molar-refractivity contribution in [3.63, 3.8) is 0 Å². The van der Waals surface area contributed by atoms with Crippen LogP contribution in [0, 0.1) is 0 Å². The first-order valence-corrected chi connectivity index (χ1v) is 6.10. The zero-order valence-electron chi connectivity index (χ0n) is 10.1. The molecule has 1 aromatic rings. The molecule has 2 N–H and O–H groups in total. The third kappa shape index (κ3) is 3.21. The number of aliphatic hydroxyl groups is 1. The zero-order valence-corrected chi connectivity index (χ0v) is 10.9. The molecule has 0 bridgehead atoms. The van der Waals surface area contributed by atoms with Gasteiger partial charge in [-0.1, -0.05) is 37.6 Å². The van der Waals surface area contributed by atoms with Crippen LogP contribution in [0.2, 0.25) is 5.02 Å². The molecule has 0 amide bonds. The van der Waals surface area contributed by atoms with E-state index < -0.39 is 6.10 Å². The molecule has 0 saturated heterocycles. The first-order valence-electron chi connectivity index (χ1n) is 5.72. The highest BCUT2D eigenvalue weighted by atomic mass is 35.5. The van der Waals surface area contributed by atoms with Gasteiger partial charge in [0.25, 0.3) is 0 Å². The quantitative estimate of drug-likeness (QED) is 0.830. The van der Waals surface area contributed by atoms with Crippen LogP contribution in [-0.4, -0.2) is 18.7 Å². The molecule has 0 fully saturated rings. The standard InChI is InChI=1S/C13H20ClNO/c1-4-9(2)11-6-5-10(7-12(11)14)13(16)8-15-3/h5-7,9,13,15-16H,4,8H2,1-3H3. The maximum absolute atomic E-state index is 9.81. The van der Waals surface area contributed by atoms with Crippen molar-refractivity contribution in [3.05, 3.63) is 34.3 Å². The number of nitrogens with one attached hydrogen (secondary N) is 1. The molecular formula is C13H20ClNO. The molecule has 0 aromatic heterocycles. The second-order valence-electron chi connectivity index (χ2n) is 4.16. The van der Waals surface area contributed by atoms with Gasteiger partial charge in [0.05, 0.1) is 6.10 Å². The van der Waals surface area contributed by atoms with Crippen molar-refractivity contribution in [2.75, 3.05) is 13.6 Å². The molecule has 2 unspecified atom stereocenters. The summed E-state index contributed by atoms with van der Waals surface area (Å²) < 4.78 is 0. The van der Waals surface area contributed by atoms with Gasteiger partial charge in [0.15, 0.2) is 0 Å². The molecule has 0 heterocycles. The van der Waals surface area contributed by atoms with Crippen LogP contribution in [-0.2, 0) is 0 Å². The van der Waals surface area contributed by atoms with Crippen molar-refractivity contribution in [2.45, 2.75) is 32.3 Å². The summed E-state index contributed by atoms with van der Waals surface area (Å²) >= 11 is 6.22. The van der Waals surface area contributed by atoms with Crippen LogP contribution in [0.1, 0.15) is 43.4 Å². The van der Waals surface area contributed by atoms with Crippen molar-refractivity contribution >= 4 is 11.6 Å². The molecule has 0 saturated carbocycles. The first kappa shape index (κ1) is 13.5. The van der Waals surface area contributed by atoms with Crippen LogP contribution >= 0.6 is 11.6 Å². The number of benzene rings is 1. The summed E-state index contributed by atoms with van der Waals surface area (Å²) in [6.07, 6.45) is 0.575. The third-order valence-corrected chi connectivity index (χ3v) is 3.28. The van der Waals surface area contributed by atoms with E-state index in [0.717, 1.165) is 22.6 Å². The van der Waals surface area contributed by atoms with E-state index in [0.29, 0.717) is 12.5 Å². The fourth-order valence-electron chi connectivity index (χ4n) is 1.68. The molecule has 3 heteroatoms. The van der Waals surface area contributed by atoms with Crippen LogP contribution in [0.15, 0.2) is 18.2 Å². The highest BCUT2D eigenvalue weighted by Crippen LogP contribution is 2.29. The third-order valence-electron chi connectivity index (χ3n) is 2.95. The highest BCUT2D eigenvalue weighted by Gasteiger charge is 2.11. The largest absolute Gasteiger partial charge is 0.387 e. The van der Waals surface area contributed by atoms with E-state index in [-0.39, 0.29) is 0 Å². The lowest BCUT2D eigenvalue weighted by molar-refractivity contribution is 0.178. The molecular weight excluding hydrogens is 222 g/mol. The lowest BCUT2D eigenvalue weighted by Gasteiger charge is -2.15. The van der Waals surface area contributed by atoms with Crippen molar-refractivity contribution in [1.82, 2.24) is 5.32 Å². The molecule has 2 nitrogen and oxygen atoms in total. The molecule has 0 radical (unpaired) electrons. The van der Waals surface area contributed by atoms with E-state index >= 15 is 0 Å². The van der Waals surface area contributed by atoms with E-state index in [2.05, 4.69) is 19.2 Å². The van der Waals surface area contributed by atoms with Gasteiger partial charge in [-0.15, -0.1) is 0 Å². The van der Waals surface area contributed by atoms with Crippen molar-refractivity contribution in [3.8, 4) is 0 Å². The predicted molar refractivity (Wildman–Crippen MR) is 69.0 cm³/mol. The Balaban J connectivity index is 2.90. The summed E-state index contributed by atoms with van der Waals surface area (Å²) in [6.45, 7) is 4.84. The van der Waals surface area contributed by atoms with Gasteiger partial charge in [-0.25, -0.2) is 0 Å². The summed E-state index contributed by atoms with van der Waals surface area (Å²) in [5.41, 5.74) is 2.02. The molecule has 0 aliphatic carbocycles. The maximum atomic E-state index is 9.81. The van der Waals surface area contributed by atoms with Gasteiger partial charge >= 0.3 is 0 Å². The molecule has 0 spiro atoms. The number of rotatable bonds is 5. The molecule has 2 atom stereocenters. The van der Waals surface area contributed by atoms with E-state index in [1.165, 1.54) is 0 Å². The van der Waals surface area contributed by atoms with Crippen molar-refractivity contribution < 1.29 is 5.11 Å². The Morgan fingerprint density at radius 1 is 1.44 bits per heavy atom. The topological polar surface area (TPSA) is 32.3 Å². The Morgan fingerprint density at radius 3 is 2.62 bits per heavy atom. The minimum absolute atomic E-state index is 0.461. The SMILES string of the molecule is CCC(C)c1ccc(C(O)CNC)cc1Cl. The predicted octanol–water partition coefficient (Wildman–Crippen LogP) is 3.11. The Bertz CT molecular complexity index is 341. The lowest BCUT2D eigenvalue weighted by atomic mass is 9.96. The van der Waals surface area contributed by atoms with Gasteiger partial charge in [0, 0.05) is 11.6 Å². The molecule has 0 aliphatic rings. The first-order chi connectivity index (χ1) is 7.60. The molecule has 1 rings (SSSR count). The average molecular weight is 242 g/mol. The summed E-state index contributed by atoms with van der Waals surface area (Å²) in [5.74, 6) is 0.461. The molecule has 16 heavy (non-hydrogen) atoms. The Hall–Kier alpha value is -0.570.